The molecule has 26 heavy (non-hydrogen) atoms. The molecule has 0 aromatic heterocycles. The highest BCUT2D eigenvalue weighted by Gasteiger charge is 2.10. The highest BCUT2D eigenvalue weighted by atomic mass is 16.5. The normalized spacial score (nSPS) is 20.1. The predicted octanol–water partition coefficient (Wildman–Crippen LogP) is 0.589. The number of guanidine groups is 1. The van der Waals surface area contributed by atoms with E-state index in [-0.39, 0.29) is 12.0 Å². The maximum atomic E-state index is 11.8. The molecule has 0 spiro atoms. The number of rotatable bonds is 9. The molecule has 8 nitrogen and oxygen atoms in total. The second-order valence-corrected chi connectivity index (χ2v) is 7.06. The van der Waals surface area contributed by atoms with Crippen LogP contribution in [0.25, 0.3) is 0 Å². The number of morpholine rings is 1. The van der Waals surface area contributed by atoms with Gasteiger partial charge in [-0.1, -0.05) is 6.42 Å². The minimum absolute atomic E-state index is 0.192. The van der Waals surface area contributed by atoms with Crippen molar-refractivity contribution < 1.29 is 9.53 Å². The van der Waals surface area contributed by atoms with Crippen LogP contribution in [0.4, 0.5) is 4.79 Å². The van der Waals surface area contributed by atoms with Crippen molar-refractivity contribution in [1.82, 2.24) is 20.4 Å². The molecule has 0 aromatic rings. The number of unbranched alkanes of at least 4 members (excludes halogenated alkanes) is 1. The fourth-order valence-corrected chi connectivity index (χ4v) is 3.36. The van der Waals surface area contributed by atoms with Crippen molar-refractivity contribution in [3.05, 3.63) is 0 Å². The van der Waals surface area contributed by atoms with E-state index in [1.165, 1.54) is 32.4 Å². The van der Waals surface area contributed by atoms with E-state index in [0.717, 1.165) is 58.7 Å². The predicted molar refractivity (Wildman–Crippen MR) is 104 cm³/mol. The maximum Gasteiger partial charge on any atom is 0.321 e. The molecule has 150 valence electrons. The number of carbonyl (C=O) groups excluding carboxylic acids is 1. The average molecular weight is 369 g/mol. The van der Waals surface area contributed by atoms with Crippen LogP contribution in [0, 0.1) is 0 Å². The van der Waals surface area contributed by atoms with Crippen LogP contribution in [0.15, 0.2) is 4.99 Å². The first-order chi connectivity index (χ1) is 12.7. The molecule has 2 fully saturated rings. The summed E-state index contributed by atoms with van der Waals surface area (Å²) in [7, 11) is 0. The topological polar surface area (TPSA) is 95.2 Å². The number of nitrogens with two attached hydrogens (primary N) is 1. The van der Waals surface area contributed by atoms with Gasteiger partial charge in [-0.2, -0.15) is 0 Å². The number of likely N-dealkylation sites (tertiary alicyclic amines) is 1. The van der Waals surface area contributed by atoms with Gasteiger partial charge in [0.05, 0.1) is 13.2 Å². The Hall–Kier alpha value is -1.38. The third kappa shape index (κ3) is 9.35. The maximum absolute atomic E-state index is 11.8. The molecule has 0 aliphatic carbocycles. The van der Waals surface area contributed by atoms with Crippen LogP contribution in [-0.4, -0.2) is 87.4 Å². The van der Waals surface area contributed by atoms with Crippen molar-refractivity contribution >= 4 is 12.0 Å². The molecule has 8 heteroatoms. The molecule has 2 rings (SSSR count). The van der Waals surface area contributed by atoms with E-state index in [1.54, 1.807) is 0 Å². The highest BCUT2D eigenvalue weighted by Crippen LogP contribution is 2.09. The van der Waals surface area contributed by atoms with Crippen LogP contribution in [-0.2, 0) is 4.74 Å². The number of ether oxygens (including phenoxy) is 1. The number of nitrogens with one attached hydrogen (secondary N) is 2. The zero-order chi connectivity index (χ0) is 18.5. The van der Waals surface area contributed by atoms with Crippen molar-refractivity contribution in [3.63, 3.8) is 0 Å². The Bertz CT molecular complexity index is 420. The van der Waals surface area contributed by atoms with Gasteiger partial charge < -0.3 is 20.7 Å². The van der Waals surface area contributed by atoms with Gasteiger partial charge in [-0.15, -0.1) is 0 Å². The standard InChI is InChI=1S/C18H36N6O2/c19-17(20-8-6-12-24-13-15-26-16-14-24)22-18(25)21-7-2-5-11-23-9-3-1-4-10-23/h1-16H2,(H4,19,20,21,22,25). The van der Waals surface area contributed by atoms with Crippen LogP contribution in [0.3, 0.4) is 0 Å². The van der Waals surface area contributed by atoms with Crippen molar-refractivity contribution in [2.24, 2.45) is 10.7 Å². The van der Waals surface area contributed by atoms with Crippen LogP contribution < -0.4 is 16.4 Å². The van der Waals surface area contributed by atoms with Gasteiger partial charge in [-0.25, -0.2) is 4.79 Å². The lowest BCUT2D eigenvalue weighted by molar-refractivity contribution is 0.0377. The lowest BCUT2D eigenvalue weighted by atomic mass is 10.1. The van der Waals surface area contributed by atoms with Gasteiger partial charge >= 0.3 is 6.03 Å². The van der Waals surface area contributed by atoms with Gasteiger partial charge in [0.1, 0.15) is 0 Å². The van der Waals surface area contributed by atoms with E-state index >= 15 is 0 Å². The van der Waals surface area contributed by atoms with E-state index in [1.807, 2.05) is 0 Å². The van der Waals surface area contributed by atoms with Crippen molar-refractivity contribution in [2.45, 2.75) is 38.5 Å². The molecule has 2 aliphatic rings. The third-order valence-corrected chi connectivity index (χ3v) is 4.90. The molecule has 4 N–H and O–H groups in total. The fourth-order valence-electron chi connectivity index (χ4n) is 3.36. The Labute approximate surface area is 157 Å². The van der Waals surface area contributed by atoms with Gasteiger partial charge in [-0.05, 0) is 51.7 Å². The van der Waals surface area contributed by atoms with Crippen LogP contribution in [0.2, 0.25) is 0 Å². The van der Waals surface area contributed by atoms with Gasteiger partial charge in [0, 0.05) is 32.7 Å². The van der Waals surface area contributed by atoms with Gasteiger partial charge in [0.25, 0.3) is 0 Å². The summed E-state index contributed by atoms with van der Waals surface area (Å²) in [6, 6.07) is -0.266. The molecular formula is C18H36N6O2. The van der Waals surface area contributed by atoms with Crippen molar-refractivity contribution in [2.75, 3.05) is 65.6 Å². The van der Waals surface area contributed by atoms with Crippen LogP contribution in [0.1, 0.15) is 38.5 Å². The van der Waals surface area contributed by atoms with E-state index in [9.17, 15) is 4.79 Å². The first kappa shape index (κ1) is 20.9. The van der Waals surface area contributed by atoms with Gasteiger partial charge in [0.2, 0.25) is 0 Å². The molecule has 0 unspecified atom stereocenters. The molecule has 0 saturated carbocycles. The second-order valence-electron chi connectivity index (χ2n) is 7.06. The molecule has 0 atom stereocenters. The molecule has 0 aromatic carbocycles. The van der Waals surface area contributed by atoms with E-state index in [2.05, 4.69) is 25.4 Å². The molecule has 0 bridgehead atoms. The third-order valence-electron chi connectivity index (χ3n) is 4.90. The zero-order valence-corrected chi connectivity index (χ0v) is 16.0. The summed E-state index contributed by atoms with van der Waals surface area (Å²) in [4.78, 5) is 20.9. The summed E-state index contributed by atoms with van der Waals surface area (Å²) >= 11 is 0. The smallest absolute Gasteiger partial charge is 0.321 e. The number of aliphatic imine (C=N–C) groups is 1. The van der Waals surface area contributed by atoms with Crippen LogP contribution in [0.5, 0.6) is 0 Å². The lowest BCUT2D eigenvalue weighted by Crippen LogP contribution is -2.44. The Morgan fingerprint density at radius 3 is 2.42 bits per heavy atom. The Balaban J connectivity index is 1.44. The van der Waals surface area contributed by atoms with Crippen molar-refractivity contribution in [1.29, 1.82) is 0 Å². The molecule has 0 radical (unpaired) electrons. The molecule has 2 heterocycles. The summed E-state index contributed by atoms with van der Waals surface area (Å²) < 4.78 is 5.32. The second kappa shape index (κ2) is 12.9. The number of amides is 2. The first-order valence-electron chi connectivity index (χ1n) is 10.1. The number of piperidine rings is 1. The van der Waals surface area contributed by atoms with Crippen molar-refractivity contribution in [3.8, 4) is 0 Å². The summed E-state index contributed by atoms with van der Waals surface area (Å²) in [5, 5.41) is 5.43. The van der Waals surface area contributed by atoms with Gasteiger partial charge in [-0.3, -0.25) is 15.2 Å². The SMILES string of the molecule is NC(=NCCCN1CCOCC1)NC(=O)NCCCCN1CCCCC1. The minimum atomic E-state index is -0.266. The Kier molecular flexibility index (Phi) is 10.4. The largest absolute Gasteiger partial charge is 0.379 e. The fraction of sp³-hybridized carbons (Fsp3) is 0.889. The Morgan fingerprint density at radius 1 is 0.962 bits per heavy atom. The zero-order valence-electron chi connectivity index (χ0n) is 16.0. The summed E-state index contributed by atoms with van der Waals surface area (Å²) in [6.07, 6.45) is 7.05. The van der Waals surface area contributed by atoms with E-state index < -0.39 is 0 Å². The Morgan fingerprint density at radius 2 is 1.65 bits per heavy atom. The number of nitrogens with zero attached hydrogens (tertiary/aromatic N) is 3. The summed E-state index contributed by atoms with van der Waals surface area (Å²) in [5.74, 6) is 0.192. The van der Waals surface area contributed by atoms with Gasteiger partial charge in [0.15, 0.2) is 5.96 Å². The number of carbonyl (C=O) groups is 1. The molecular weight excluding hydrogens is 332 g/mol. The average Bonchev–Trinajstić information content (AvgIpc) is 2.66. The molecule has 2 amide bonds. The minimum Gasteiger partial charge on any atom is -0.379 e. The quantitative estimate of drug-likeness (QED) is 0.314. The molecule has 2 aliphatic heterocycles. The van der Waals surface area contributed by atoms with E-state index in [4.69, 9.17) is 10.5 Å². The number of urea groups is 1. The van der Waals surface area contributed by atoms with E-state index in [0.29, 0.717) is 13.1 Å². The monoisotopic (exact) mass is 368 g/mol. The number of hydrogen-bond acceptors (Lipinski definition) is 5. The number of hydrogen-bond donors (Lipinski definition) is 3. The van der Waals surface area contributed by atoms with Crippen LogP contribution >= 0.6 is 0 Å². The summed E-state index contributed by atoms with van der Waals surface area (Å²) in [6.45, 7) is 9.47. The highest BCUT2D eigenvalue weighted by molar-refractivity contribution is 5.95. The first-order valence-corrected chi connectivity index (χ1v) is 10.1. The summed E-state index contributed by atoms with van der Waals surface area (Å²) in [5.41, 5.74) is 5.76. The molecule has 2 saturated heterocycles. The lowest BCUT2D eigenvalue weighted by Gasteiger charge is -2.26.